The molecule has 1 aliphatic rings. The van der Waals surface area contributed by atoms with Crippen LogP contribution in [0.2, 0.25) is 0 Å². The van der Waals surface area contributed by atoms with Crippen molar-refractivity contribution >= 4 is 24.7 Å². The maximum absolute atomic E-state index is 12.7. The number of imidazole rings is 1. The monoisotopic (exact) mass is 489 g/mol. The molecule has 0 amide bonds. The van der Waals surface area contributed by atoms with Crippen LogP contribution in [-0.2, 0) is 13.8 Å². The van der Waals surface area contributed by atoms with Gasteiger partial charge in [0.2, 0.25) is 11.8 Å². The third-order valence-electron chi connectivity index (χ3n) is 6.21. The third kappa shape index (κ3) is 4.72. The number of methoxy groups -OCH3 is 1. The van der Waals surface area contributed by atoms with Gasteiger partial charge in [0.05, 0.1) is 25.1 Å². The first-order chi connectivity index (χ1) is 15.3. The molecule has 13 nitrogen and oxygen atoms in total. The van der Waals surface area contributed by atoms with E-state index in [-0.39, 0.29) is 36.7 Å². The molecule has 0 spiro atoms. The van der Waals surface area contributed by atoms with Crippen LogP contribution in [0.4, 0.5) is 5.95 Å². The molecule has 3 rings (SSSR count). The van der Waals surface area contributed by atoms with Crippen LogP contribution in [0.25, 0.3) is 11.2 Å². The molecule has 6 N–H and O–H groups in total. The minimum absolute atomic E-state index is 0.00602. The van der Waals surface area contributed by atoms with Crippen molar-refractivity contribution in [3.63, 3.8) is 0 Å². The molecule has 14 heteroatoms. The Balaban J connectivity index is 1.87. The van der Waals surface area contributed by atoms with Gasteiger partial charge in [0.1, 0.15) is 12.2 Å². The summed E-state index contributed by atoms with van der Waals surface area (Å²) in [6.45, 7) is 6.13. The van der Waals surface area contributed by atoms with Crippen molar-refractivity contribution in [1.82, 2.24) is 19.5 Å². The van der Waals surface area contributed by atoms with E-state index in [2.05, 4.69) is 15.0 Å². The second kappa shape index (κ2) is 9.06. The van der Waals surface area contributed by atoms with Gasteiger partial charge in [-0.2, -0.15) is 9.97 Å². The minimum atomic E-state index is -4.44. The van der Waals surface area contributed by atoms with E-state index in [1.165, 1.54) is 24.9 Å². The number of aromatic nitrogens is 4. The fourth-order valence-corrected chi connectivity index (χ4v) is 5.03. The average Bonchev–Trinajstić information content (AvgIpc) is 3.28. The van der Waals surface area contributed by atoms with Crippen LogP contribution < -0.4 is 10.5 Å². The molecular weight excluding hydrogens is 457 g/mol. The zero-order valence-electron chi connectivity index (χ0n) is 19.2. The molecule has 0 radical (unpaired) electrons. The number of hydrogen-bond donors (Lipinski definition) is 5. The Morgan fingerprint density at radius 3 is 2.48 bits per heavy atom. The number of aliphatic hydroxyl groups is 3. The average molecular weight is 489 g/mol. The van der Waals surface area contributed by atoms with Gasteiger partial charge in [0.25, 0.3) is 0 Å². The molecule has 0 aromatic carbocycles. The van der Waals surface area contributed by atoms with Crippen LogP contribution in [0.5, 0.6) is 5.88 Å². The van der Waals surface area contributed by atoms with Crippen LogP contribution in [0.1, 0.15) is 53.2 Å². The van der Waals surface area contributed by atoms with E-state index in [9.17, 15) is 24.8 Å². The molecule has 1 fully saturated rings. The lowest BCUT2D eigenvalue weighted by molar-refractivity contribution is -0.0689. The van der Waals surface area contributed by atoms with Gasteiger partial charge < -0.3 is 39.9 Å². The summed E-state index contributed by atoms with van der Waals surface area (Å²) in [6, 6.07) is 0. The Kier molecular flexibility index (Phi) is 7.07. The second-order valence-corrected chi connectivity index (χ2v) is 10.8. The number of ether oxygens (including phenoxy) is 2. The Hall–Kier alpha value is -1.86. The van der Waals surface area contributed by atoms with Crippen molar-refractivity contribution in [3.05, 3.63) is 6.33 Å². The van der Waals surface area contributed by atoms with Crippen molar-refractivity contribution in [2.45, 2.75) is 82.4 Å². The first-order valence-corrected chi connectivity index (χ1v) is 12.2. The summed E-state index contributed by atoms with van der Waals surface area (Å²) in [5.41, 5.74) is 5.04. The maximum Gasteiger partial charge on any atom is 0.359 e. The zero-order valence-corrected chi connectivity index (χ0v) is 20.1. The molecule has 1 aliphatic heterocycles. The normalized spacial score (nSPS) is 28.9. The number of nitrogens with zero attached hydrogens (tertiary/aromatic N) is 4. The van der Waals surface area contributed by atoms with E-state index in [1.54, 1.807) is 20.8 Å². The fourth-order valence-electron chi connectivity index (χ4n) is 3.63. The SMILES string of the molecule is CCC(C)(CC1O[C@@H](n2cnc3c(OC)nc(N)nc32)[C@H](O)[C@@H]1O)OP(=O)(O)C(C)(O)CC. The Bertz CT molecular complexity index is 1050. The molecule has 1 saturated heterocycles. The number of anilines is 1. The Labute approximate surface area is 191 Å². The van der Waals surface area contributed by atoms with Gasteiger partial charge in [-0.25, -0.2) is 4.98 Å². The molecule has 0 aliphatic carbocycles. The van der Waals surface area contributed by atoms with Gasteiger partial charge in [0, 0.05) is 6.42 Å². The molecule has 0 saturated carbocycles. The predicted molar refractivity (Wildman–Crippen MR) is 117 cm³/mol. The summed E-state index contributed by atoms with van der Waals surface area (Å²) < 4.78 is 30.8. The summed E-state index contributed by atoms with van der Waals surface area (Å²) in [5, 5.41) is 29.8. The molecule has 33 heavy (non-hydrogen) atoms. The highest BCUT2D eigenvalue weighted by Crippen LogP contribution is 2.59. The van der Waals surface area contributed by atoms with Gasteiger partial charge in [-0.05, 0) is 26.7 Å². The van der Waals surface area contributed by atoms with E-state index >= 15 is 0 Å². The number of fused-ring (bicyclic) bond motifs is 1. The van der Waals surface area contributed by atoms with Crippen molar-refractivity contribution in [1.29, 1.82) is 0 Å². The minimum Gasteiger partial charge on any atom is -0.479 e. The summed E-state index contributed by atoms with van der Waals surface area (Å²) in [7, 11) is -3.03. The summed E-state index contributed by atoms with van der Waals surface area (Å²) >= 11 is 0. The van der Waals surface area contributed by atoms with Crippen molar-refractivity contribution < 1.29 is 38.8 Å². The molecule has 2 aromatic rings. The summed E-state index contributed by atoms with van der Waals surface area (Å²) in [6.07, 6.45) is -3.13. The molecule has 7 atom stereocenters. The third-order valence-corrected chi connectivity index (χ3v) is 8.44. The second-order valence-electron chi connectivity index (χ2n) is 8.65. The number of nitrogens with two attached hydrogens (primary N) is 1. The van der Waals surface area contributed by atoms with Gasteiger partial charge in [0.15, 0.2) is 22.7 Å². The van der Waals surface area contributed by atoms with Crippen LogP contribution in [0.15, 0.2) is 6.33 Å². The first-order valence-electron chi connectivity index (χ1n) is 10.6. The smallest absolute Gasteiger partial charge is 0.359 e. The van der Waals surface area contributed by atoms with Crippen LogP contribution in [0, 0.1) is 0 Å². The largest absolute Gasteiger partial charge is 0.479 e. The number of aliphatic hydroxyl groups excluding tert-OH is 2. The number of nitrogen functional groups attached to an aromatic ring is 1. The Morgan fingerprint density at radius 1 is 1.24 bits per heavy atom. The molecular formula is C19H32N5O8P. The maximum atomic E-state index is 12.7. The highest BCUT2D eigenvalue weighted by molar-refractivity contribution is 7.54. The van der Waals surface area contributed by atoms with E-state index < -0.39 is 43.1 Å². The van der Waals surface area contributed by atoms with Gasteiger partial charge in [-0.3, -0.25) is 9.13 Å². The lowest BCUT2D eigenvalue weighted by Gasteiger charge is -2.37. The summed E-state index contributed by atoms with van der Waals surface area (Å²) in [4.78, 5) is 22.7. The van der Waals surface area contributed by atoms with E-state index in [0.29, 0.717) is 5.52 Å². The zero-order chi connectivity index (χ0) is 24.8. The topological polar surface area (TPSA) is 195 Å². The first kappa shape index (κ1) is 25.8. The molecule has 186 valence electrons. The van der Waals surface area contributed by atoms with E-state index in [1.807, 2.05) is 0 Å². The van der Waals surface area contributed by atoms with Crippen LogP contribution in [0.3, 0.4) is 0 Å². The quantitative estimate of drug-likeness (QED) is 0.313. The molecule has 2 aromatic heterocycles. The van der Waals surface area contributed by atoms with Gasteiger partial charge in [-0.15, -0.1) is 0 Å². The molecule has 0 bridgehead atoms. The Morgan fingerprint density at radius 2 is 1.91 bits per heavy atom. The lowest BCUT2D eigenvalue weighted by Crippen LogP contribution is -2.40. The lowest BCUT2D eigenvalue weighted by atomic mass is 9.93. The van der Waals surface area contributed by atoms with Crippen LogP contribution >= 0.6 is 7.60 Å². The predicted octanol–water partition coefficient (Wildman–Crippen LogP) is 0.916. The van der Waals surface area contributed by atoms with Crippen LogP contribution in [-0.4, -0.2) is 76.1 Å². The summed E-state index contributed by atoms with van der Waals surface area (Å²) in [5.74, 6) is 0.0776. The van der Waals surface area contributed by atoms with E-state index in [0.717, 1.165) is 0 Å². The highest BCUT2D eigenvalue weighted by Gasteiger charge is 2.50. The van der Waals surface area contributed by atoms with Gasteiger partial charge >= 0.3 is 7.60 Å². The fraction of sp³-hybridized carbons (Fsp3) is 0.737. The van der Waals surface area contributed by atoms with E-state index in [4.69, 9.17) is 19.7 Å². The van der Waals surface area contributed by atoms with Crippen molar-refractivity contribution in [2.24, 2.45) is 0 Å². The van der Waals surface area contributed by atoms with Gasteiger partial charge in [-0.1, -0.05) is 13.8 Å². The highest BCUT2D eigenvalue weighted by atomic mass is 31.2. The number of hydrogen-bond acceptors (Lipinski definition) is 11. The molecule has 3 heterocycles. The van der Waals surface area contributed by atoms with Crippen molar-refractivity contribution in [3.8, 4) is 5.88 Å². The molecule has 4 unspecified atom stereocenters. The van der Waals surface area contributed by atoms with Crippen molar-refractivity contribution in [2.75, 3.05) is 12.8 Å². The number of rotatable bonds is 9. The standard InChI is InChI=1S/C19H32N5O8P/c1-6-18(3,32-33(28,29)19(4,27)7-2)8-10-12(25)13(26)16(31-10)24-9-21-11-14(24)22-17(20)23-15(11)30-5/h9-10,12-13,16,25-27H,6-8H2,1-5H3,(H,28,29)(H2,20,22,23)/t10?,12-,13-,16-,18?,19?/m1/s1.